The third-order valence-corrected chi connectivity index (χ3v) is 5.94. The highest BCUT2D eigenvalue weighted by molar-refractivity contribution is 5.95. The maximum absolute atomic E-state index is 6.07. The molecule has 0 unspecified atom stereocenters. The lowest BCUT2D eigenvalue weighted by Gasteiger charge is -1.99. The highest BCUT2D eigenvalue weighted by Gasteiger charge is 2.17. The zero-order valence-corrected chi connectivity index (χ0v) is 18.3. The molecule has 0 atom stereocenters. The van der Waals surface area contributed by atoms with Gasteiger partial charge in [0.05, 0.1) is 10.8 Å². The van der Waals surface area contributed by atoms with Gasteiger partial charge in [-0.1, -0.05) is 71.0 Å². The van der Waals surface area contributed by atoms with Crippen molar-refractivity contribution in [2.24, 2.45) is 0 Å². The fourth-order valence-electron chi connectivity index (χ4n) is 4.20. The van der Waals surface area contributed by atoms with Gasteiger partial charge < -0.3 is 13.5 Å². The Morgan fingerprint density at radius 2 is 0.914 bits per heavy atom. The molecule has 3 heterocycles. The van der Waals surface area contributed by atoms with Crippen LogP contribution in [0.2, 0.25) is 0 Å². The monoisotopic (exact) mass is 456 g/mol. The highest BCUT2D eigenvalue weighted by atomic mass is 16.5. The van der Waals surface area contributed by atoms with Gasteiger partial charge in [-0.2, -0.15) is 0 Å². The van der Waals surface area contributed by atoms with E-state index in [2.05, 4.69) is 20.5 Å². The molecule has 0 bridgehead atoms. The predicted octanol–water partition coefficient (Wildman–Crippen LogP) is 7.02. The smallest absolute Gasteiger partial charge is 0.248 e. The molecule has 7 rings (SSSR count). The van der Waals surface area contributed by atoms with Gasteiger partial charge in [0.2, 0.25) is 11.8 Å². The number of hydrogen-bond acceptors (Lipinski definition) is 7. The summed E-state index contributed by atoms with van der Waals surface area (Å²) in [6, 6.07) is 31.2. The third kappa shape index (κ3) is 3.29. The zero-order valence-electron chi connectivity index (χ0n) is 18.3. The summed E-state index contributed by atoms with van der Waals surface area (Å²) in [6.07, 6.45) is 0. The molecule has 166 valence electrons. The average Bonchev–Trinajstić information content (AvgIpc) is 3.67. The van der Waals surface area contributed by atoms with Crippen molar-refractivity contribution in [1.29, 1.82) is 0 Å². The molecule has 7 aromatic rings. The van der Waals surface area contributed by atoms with Crippen molar-refractivity contribution in [3.63, 3.8) is 0 Å². The average molecular weight is 456 g/mol. The van der Waals surface area contributed by atoms with E-state index in [1.54, 1.807) is 0 Å². The van der Waals surface area contributed by atoms with Gasteiger partial charge in [0, 0.05) is 22.3 Å². The van der Waals surface area contributed by atoms with Gasteiger partial charge >= 0.3 is 0 Å². The Bertz CT molecular complexity index is 1670. The van der Waals surface area contributed by atoms with E-state index in [1.807, 2.05) is 97.1 Å². The number of rotatable bonds is 4. The summed E-state index contributed by atoms with van der Waals surface area (Å²) in [5.41, 5.74) is 5.00. The van der Waals surface area contributed by atoms with Gasteiger partial charge in [-0.3, -0.25) is 0 Å². The number of hydrogen-bond donors (Lipinski definition) is 0. The molecule has 35 heavy (non-hydrogen) atoms. The van der Waals surface area contributed by atoms with E-state index in [4.69, 9.17) is 13.5 Å². The largest absolute Gasteiger partial charge is 0.416 e. The fourth-order valence-corrected chi connectivity index (χ4v) is 4.20. The summed E-state index contributed by atoms with van der Waals surface area (Å²) >= 11 is 0. The van der Waals surface area contributed by atoms with Gasteiger partial charge in [0.25, 0.3) is 0 Å². The molecule has 0 aliphatic rings. The molecular formula is C28H16N4O3. The van der Waals surface area contributed by atoms with Crippen LogP contribution < -0.4 is 0 Å². The van der Waals surface area contributed by atoms with E-state index in [0.29, 0.717) is 23.3 Å². The lowest BCUT2D eigenvalue weighted by Crippen LogP contribution is -1.80. The van der Waals surface area contributed by atoms with Crippen molar-refractivity contribution in [2.45, 2.75) is 0 Å². The standard InChI is InChI=1S/C28H16N4O3/c1-3-7-17(8-4-1)25-21-15-19(11-13-23(21)31-34-25)27-29-30-28(33-27)20-12-14-24-22(16-20)26(35-32-24)18-9-5-2-6-10-18/h1-16H. The third-order valence-electron chi connectivity index (χ3n) is 5.94. The van der Waals surface area contributed by atoms with Crippen LogP contribution in [0.15, 0.2) is 111 Å². The lowest BCUT2D eigenvalue weighted by atomic mass is 10.1. The predicted molar refractivity (Wildman–Crippen MR) is 131 cm³/mol. The molecule has 7 heteroatoms. The Kier molecular flexibility index (Phi) is 4.32. The van der Waals surface area contributed by atoms with E-state index in [9.17, 15) is 0 Å². The molecular weight excluding hydrogens is 440 g/mol. The second-order valence-corrected chi connectivity index (χ2v) is 8.13. The van der Waals surface area contributed by atoms with Gasteiger partial charge in [-0.25, -0.2) is 0 Å². The topological polar surface area (TPSA) is 91.0 Å². The Morgan fingerprint density at radius 3 is 1.37 bits per heavy atom. The van der Waals surface area contributed by atoms with E-state index in [0.717, 1.165) is 44.1 Å². The van der Waals surface area contributed by atoms with Crippen LogP contribution in [0.4, 0.5) is 0 Å². The lowest BCUT2D eigenvalue weighted by molar-refractivity contribution is 0.441. The molecule has 0 aliphatic heterocycles. The quantitative estimate of drug-likeness (QED) is 0.281. The van der Waals surface area contributed by atoms with Gasteiger partial charge in [0.15, 0.2) is 11.5 Å². The first kappa shape index (κ1) is 19.4. The molecule has 0 aliphatic carbocycles. The maximum Gasteiger partial charge on any atom is 0.248 e. The number of nitrogens with zero attached hydrogens (tertiary/aromatic N) is 4. The minimum Gasteiger partial charge on any atom is -0.416 e. The Balaban J connectivity index is 1.28. The second kappa shape index (κ2) is 7.78. The summed E-state index contributed by atoms with van der Waals surface area (Å²) in [4.78, 5) is 0. The van der Waals surface area contributed by atoms with Crippen LogP contribution in [0.1, 0.15) is 0 Å². The van der Waals surface area contributed by atoms with Crippen molar-refractivity contribution >= 4 is 21.8 Å². The normalized spacial score (nSPS) is 11.4. The number of fused-ring (bicyclic) bond motifs is 2. The van der Waals surface area contributed by atoms with E-state index in [-0.39, 0.29) is 0 Å². The molecule has 0 saturated heterocycles. The molecule has 0 saturated carbocycles. The van der Waals surface area contributed by atoms with Crippen molar-refractivity contribution in [3.8, 4) is 45.6 Å². The minimum atomic E-state index is 0.413. The summed E-state index contributed by atoms with van der Waals surface area (Å²) in [5.74, 6) is 2.23. The van der Waals surface area contributed by atoms with Crippen molar-refractivity contribution < 1.29 is 13.5 Å². The second-order valence-electron chi connectivity index (χ2n) is 8.13. The summed E-state index contributed by atoms with van der Waals surface area (Å²) in [5, 5.41) is 18.7. The number of benzene rings is 4. The van der Waals surface area contributed by atoms with Gasteiger partial charge in [0.1, 0.15) is 11.0 Å². The van der Waals surface area contributed by atoms with Crippen LogP contribution in [-0.2, 0) is 0 Å². The molecule has 0 amide bonds. The zero-order chi connectivity index (χ0) is 23.2. The van der Waals surface area contributed by atoms with Gasteiger partial charge in [-0.15, -0.1) is 10.2 Å². The first-order chi connectivity index (χ1) is 17.3. The minimum absolute atomic E-state index is 0.413. The van der Waals surface area contributed by atoms with E-state index < -0.39 is 0 Å². The Hall–Kier alpha value is -5.04. The van der Waals surface area contributed by atoms with Crippen molar-refractivity contribution in [1.82, 2.24) is 20.5 Å². The number of aromatic nitrogens is 4. The SMILES string of the molecule is c1ccc(-c2onc3ccc(-c4nnc(-c5ccc6noc(-c7ccccc7)c6c5)o4)cc23)cc1. The summed E-state index contributed by atoms with van der Waals surface area (Å²) in [7, 11) is 0. The van der Waals surface area contributed by atoms with Gasteiger partial charge in [-0.05, 0) is 36.4 Å². The molecule has 7 nitrogen and oxygen atoms in total. The van der Waals surface area contributed by atoms with E-state index in [1.165, 1.54) is 0 Å². The Labute approximate surface area is 198 Å². The molecule has 0 N–H and O–H groups in total. The maximum atomic E-state index is 6.07. The van der Waals surface area contributed by atoms with Crippen LogP contribution in [-0.4, -0.2) is 20.5 Å². The molecule has 0 fully saturated rings. The highest BCUT2D eigenvalue weighted by Crippen LogP contribution is 2.34. The van der Waals surface area contributed by atoms with Crippen LogP contribution in [0.25, 0.3) is 67.4 Å². The van der Waals surface area contributed by atoms with Crippen molar-refractivity contribution in [3.05, 3.63) is 97.1 Å². The molecule has 4 aromatic carbocycles. The van der Waals surface area contributed by atoms with Crippen molar-refractivity contribution in [2.75, 3.05) is 0 Å². The van der Waals surface area contributed by atoms with Crippen LogP contribution in [0, 0.1) is 0 Å². The first-order valence-corrected chi connectivity index (χ1v) is 11.1. The summed E-state index contributed by atoms with van der Waals surface area (Å²) in [6.45, 7) is 0. The van der Waals surface area contributed by atoms with E-state index >= 15 is 0 Å². The molecule has 0 spiro atoms. The first-order valence-electron chi connectivity index (χ1n) is 11.1. The molecule has 3 aromatic heterocycles. The molecule has 0 radical (unpaired) electrons. The van der Waals surface area contributed by atoms with Crippen LogP contribution >= 0.6 is 0 Å². The fraction of sp³-hybridized carbons (Fsp3) is 0. The Morgan fingerprint density at radius 1 is 0.457 bits per heavy atom. The van der Waals surface area contributed by atoms with Crippen LogP contribution in [0.3, 0.4) is 0 Å². The van der Waals surface area contributed by atoms with Crippen LogP contribution in [0.5, 0.6) is 0 Å². The summed E-state index contributed by atoms with van der Waals surface area (Å²) < 4.78 is 17.3.